The average Bonchev–Trinajstić information content (AvgIpc) is 3.33. The maximum atomic E-state index is 12.9. The lowest BCUT2D eigenvalue weighted by atomic mass is 9.85. The molecule has 0 spiro atoms. The first-order valence-electron chi connectivity index (χ1n) is 10.4. The Hall–Kier alpha value is -1.89. The predicted octanol–water partition coefficient (Wildman–Crippen LogP) is 2.48. The SMILES string of the molecule is CC(C)NC(=O)C1CCCC(NC(=O)C2CCCN2C(=O)Cc2cccs2)C1. The summed E-state index contributed by atoms with van der Waals surface area (Å²) >= 11 is 1.57. The molecule has 0 radical (unpaired) electrons. The molecule has 2 aliphatic rings. The summed E-state index contributed by atoms with van der Waals surface area (Å²) in [5.41, 5.74) is 0. The zero-order chi connectivity index (χ0) is 20.1. The topological polar surface area (TPSA) is 78.5 Å². The van der Waals surface area contributed by atoms with Crippen molar-refractivity contribution in [3.05, 3.63) is 22.4 Å². The highest BCUT2D eigenvalue weighted by Crippen LogP contribution is 2.26. The van der Waals surface area contributed by atoms with Gasteiger partial charge in [0.25, 0.3) is 0 Å². The summed E-state index contributed by atoms with van der Waals surface area (Å²) in [5, 5.41) is 8.08. The van der Waals surface area contributed by atoms with E-state index >= 15 is 0 Å². The number of carbonyl (C=O) groups excluding carboxylic acids is 3. The van der Waals surface area contributed by atoms with Crippen LogP contribution in [0.15, 0.2) is 17.5 Å². The van der Waals surface area contributed by atoms with Gasteiger partial charge in [0.1, 0.15) is 6.04 Å². The van der Waals surface area contributed by atoms with E-state index in [4.69, 9.17) is 0 Å². The quantitative estimate of drug-likeness (QED) is 0.763. The van der Waals surface area contributed by atoms with E-state index in [1.165, 1.54) is 0 Å². The van der Waals surface area contributed by atoms with Crippen molar-refractivity contribution in [3.8, 4) is 0 Å². The standard InChI is InChI=1S/C21H31N3O3S/c1-14(2)22-20(26)15-6-3-7-16(12-15)23-21(27)18-9-4-10-24(18)19(25)13-17-8-5-11-28-17/h5,8,11,14-16,18H,3-4,6-7,9-10,12-13H2,1-2H3,(H,22,26)(H,23,27). The summed E-state index contributed by atoms with van der Waals surface area (Å²) in [5.74, 6) is 0.00837. The van der Waals surface area contributed by atoms with Gasteiger partial charge in [-0.2, -0.15) is 0 Å². The van der Waals surface area contributed by atoms with Crippen LogP contribution in [0.1, 0.15) is 57.2 Å². The fraction of sp³-hybridized carbons (Fsp3) is 0.667. The third kappa shape index (κ3) is 5.34. The summed E-state index contributed by atoms with van der Waals surface area (Å²) in [4.78, 5) is 40.6. The van der Waals surface area contributed by atoms with Crippen molar-refractivity contribution < 1.29 is 14.4 Å². The number of hydrogen-bond donors (Lipinski definition) is 2. The zero-order valence-electron chi connectivity index (χ0n) is 16.8. The van der Waals surface area contributed by atoms with E-state index in [9.17, 15) is 14.4 Å². The number of rotatable bonds is 6. The molecule has 1 aliphatic carbocycles. The molecule has 3 rings (SSSR count). The Balaban J connectivity index is 1.54. The van der Waals surface area contributed by atoms with Gasteiger partial charge in [-0.15, -0.1) is 11.3 Å². The molecule has 2 N–H and O–H groups in total. The molecule has 154 valence electrons. The fourth-order valence-electron chi connectivity index (χ4n) is 4.26. The van der Waals surface area contributed by atoms with Crippen molar-refractivity contribution in [3.63, 3.8) is 0 Å². The summed E-state index contributed by atoms with van der Waals surface area (Å²) < 4.78 is 0. The molecule has 2 fully saturated rings. The number of likely N-dealkylation sites (tertiary alicyclic amines) is 1. The monoisotopic (exact) mass is 405 g/mol. The second-order valence-corrected chi connectivity index (χ2v) is 9.27. The van der Waals surface area contributed by atoms with E-state index in [0.29, 0.717) is 25.8 Å². The van der Waals surface area contributed by atoms with Gasteiger partial charge in [-0.3, -0.25) is 14.4 Å². The van der Waals surface area contributed by atoms with Crippen LogP contribution in [0, 0.1) is 5.92 Å². The number of nitrogens with zero attached hydrogens (tertiary/aromatic N) is 1. The van der Waals surface area contributed by atoms with Gasteiger partial charge in [0.15, 0.2) is 0 Å². The Morgan fingerprint density at radius 3 is 2.71 bits per heavy atom. The first-order chi connectivity index (χ1) is 13.4. The van der Waals surface area contributed by atoms with Crippen molar-refractivity contribution in [1.29, 1.82) is 0 Å². The molecule has 3 atom stereocenters. The van der Waals surface area contributed by atoms with E-state index in [1.54, 1.807) is 16.2 Å². The van der Waals surface area contributed by atoms with Gasteiger partial charge in [0.2, 0.25) is 17.7 Å². The second-order valence-electron chi connectivity index (χ2n) is 8.23. The van der Waals surface area contributed by atoms with Crippen LogP contribution >= 0.6 is 11.3 Å². The summed E-state index contributed by atoms with van der Waals surface area (Å²) in [6.07, 6.45) is 5.33. The number of nitrogens with one attached hydrogen (secondary N) is 2. The Labute approximate surface area is 171 Å². The molecule has 1 saturated carbocycles. The molecule has 28 heavy (non-hydrogen) atoms. The lowest BCUT2D eigenvalue weighted by molar-refractivity contribution is -0.138. The van der Waals surface area contributed by atoms with Crippen molar-refractivity contribution >= 4 is 29.1 Å². The summed E-state index contributed by atoms with van der Waals surface area (Å²) in [6, 6.07) is 3.66. The average molecular weight is 406 g/mol. The molecule has 0 aromatic carbocycles. The van der Waals surface area contributed by atoms with E-state index in [-0.39, 0.29) is 41.8 Å². The molecular weight excluding hydrogens is 374 g/mol. The molecule has 6 nitrogen and oxygen atoms in total. The number of amides is 3. The molecular formula is C21H31N3O3S. The number of thiophene rings is 1. The van der Waals surface area contributed by atoms with Crippen LogP contribution < -0.4 is 10.6 Å². The first-order valence-corrected chi connectivity index (χ1v) is 11.2. The third-order valence-electron chi connectivity index (χ3n) is 5.60. The van der Waals surface area contributed by atoms with Gasteiger partial charge >= 0.3 is 0 Å². The maximum Gasteiger partial charge on any atom is 0.243 e. The lowest BCUT2D eigenvalue weighted by Crippen LogP contribution is -2.51. The molecule has 2 heterocycles. The minimum Gasteiger partial charge on any atom is -0.354 e. The zero-order valence-corrected chi connectivity index (χ0v) is 17.6. The van der Waals surface area contributed by atoms with Crippen LogP contribution in [0.25, 0.3) is 0 Å². The maximum absolute atomic E-state index is 12.9. The first kappa shape index (κ1) is 20.8. The Morgan fingerprint density at radius 1 is 1.18 bits per heavy atom. The third-order valence-corrected chi connectivity index (χ3v) is 6.48. The van der Waals surface area contributed by atoms with Crippen LogP contribution in [0.5, 0.6) is 0 Å². The Bertz CT molecular complexity index is 689. The van der Waals surface area contributed by atoms with E-state index < -0.39 is 0 Å². The fourth-order valence-corrected chi connectivity index (χ4v) is 4.96. The molecule has 7 heteroatoms. The molecule has 1 saturated heterocycles. The van der Waals surface area contributed by atoms with E-state index in [2.05, 4.69) is 10.6 Å². The van der Waals surface area contributed by atoms with Gasteiger partial charge < -0.3 is 15.5 Å². The van der Waals surface area contributed by atoms with Gasteiger partial charge in [-0.1, -0.05) is 12.5 Å². The molecule has 1 aromatic heterocycles. The highest BCUT2D eigenvalue weighted by atomic mass is 32.1. The van der Waals surface area contributed by atoms with Gasteiger partial charge in [-0.05, 0) is 57.4 Å². The number of carbonyl (C=O) groups is 3. The predicted molar refractivity (Wildman–Crippen MR) is 110 cm³/mol. The molecule has 3 amide bonds. The van der Waals surface area contributed by atoms with Crippen LogP contribution in [-0.4, -0.2) is 47.3 Å². The van der Waals surface area contributed by atoms with Crippen LogP contribution in [-0.2, 0) is 20.8 Å². The summed E-state index contributed by atoms with van der Waals surface area (Å²) in [7, 11) is 0. The highest BCUT2D eigenvalue weighted by Gasteiger charge is 2.36. The van der Waals surface area contributed by atoms with E-state index in [1.807, 2.05) is 31.4 Å². The van der Waals surface area contributed by atoms with Crippen molar-refractivity contribution in [2.75, 3.05) is 6.54 Å². The largest absolute Gasteiger partial charge is 0.354 e. The highest BCUT2D eigenvalue weighted by molar-refractivity contribution is 7.10. The minimum absolute atomic E-state index is 0.0130. The van der Waals surface area contributed by atoms with Crippen LogP contribution in [0.2, 0.25) is 0 Å². The molecule has 1 aliphatic heterocycles. The Kier molecular flexibility index (Phi) is 7.10. The van der Waals surface area contributed by atoms with Crippen molar-refractivity contribution in [1.82, 2.24) is 15.5 Å². The van der Waals surface area contributed by atoms with Crippen molar-refractivity contribution in [2.24, 2.45) is 5.92 Å². The second kappa shape index (κ2) is 9.54. The van der Waals surface area contributed by atoms with Crippen LogP contribution in [0.4, 0.5) is 0 Å². The van der Waals surface area contributed by atoms with Gasteiger partial charge in [0, 0.05) is 29.4 Å². The van der Waals surface area contributed by atoms with Gasteiger partial charge in [0.05, 0.1) is 6.42 Å². The Morgan fingerprint density at radius 2 is 2.00 bits per heavy atom. The normalized spacial score (nSPS) is 25.0. The van der Waals surface area contributed by atoms with Gasteiger partial charge in [-0.25, -0.2) is 0 Å². The van der Waals surface area contributed by atoms with E-state index in [0.717, 1.165) is 30.6 Å². The van der Waals surface area contributed by atoms with Crippen molar-refractivity contribution in [2.45, 2.75) is 76.9 Å². The minimum atomic E-state index is -0.377. The summed E-state index contributed by atoms with van der Waals surface area (Å²) in [6.45, 7) is 4.57. The molecule has 0 bridgehead atoms. The lowest BCUT2D eigenvalue weighted by Gasteiger charge is -2.31. The van der Waals surface area contributed by atoms with Crippen LogP contribution in [0.3, 0.4) is 0 Å². The molecule has 3 unspecified atom stereocenters. The smallest absolute Gasteiger partial charge is 0.243 e. The number of hydrogen-bond acceptors (Lipinski definition) is 4. The molecule has 1 aromatic rings.